The number of amides is 3. The van der Waals surface area contributed by atoms with Crippen LogP contribution in [0.3, 0.4) is 0 Å². The summed E-state index contributed by atoms with van der Waals surface area (Å²) in [5.41, 5.74) is 2.47. The molecule has 10 heteroatoms. The van der Waals surface area contributed by atoms with Crippen molar-refractivity contribution in [1.29, 1.82) is 0 Å². The quantitative estimate of drug-likeness (QED) is 0.601. The highest BCUT2D eigenvalue weighted by molar-refractivity contribution is 6.30. The summed E-state index contributed by atoms with van der Waals surface area (Å²) in [5, 5.41) is 1.38. The molecule has 0 saturated carbocycles. The first kappa shape index (κ1) is 22.1. The topological polar surface area (TPSA) is 82.6 Å². The Morgan fingerprint density at radius 1 is 0.971 bits per heavy atom. The zero-order valence-electron chi connectivity index (χ0n) is 19.0. The number of hydroxylamine groups is 2. The van der Waals surface area contributed by atoms with Crippen molar-refractivity contribution in [1.82, 2.24) is 14.9 Å². The number of ether oxygens (including phenoxy) is 1. The molecule has 3 amide bonds. The third kappa shape index (κ3) is 4.14. The third-order valence-electron chi connectivity index (χ3n) is 7.82. The molecule has 0 N–H and O–H groups in total. The second-order valence-electron chi connectivity index (χ2n) is 10.2. The zero-order chi connectivity index (χ0) is 23.4. The van der Waals surface area contributed by atoms with Crippen molar-refractivity contribution in [2.24, 2.45) is 11.8 Å². The molecule has 1 aromatic rings. The first-order valence-electron chi connectivity index (χ1n) is 12.2. The number of likely N-dealkylation sites (tertiary alicyclic amines) is 2. The smallest absolute Gasteiger partial charge is 0.371 e. The van der Waals surface area contributed by atoms with Gasteiger partial charge in [-0.05, 0) is 42.4 Å². The molecule has 4 atom stereocenters. The zero-order valence-corrected chi connectivity index (χ0v) is 19.8. The first-order chi connectivity index (χ1) is 16.4. The predicted octanol–water partition coefficient (Wildman–Crippen LogP) is 2.27. The van der Waals surface area contributed by atoms with Gasteiger partial charge in [-0.1, -0.05) is 17.7 Å². The van der Waals surface area contributed by atoms with E-state index < -0.39 is 17.9 Å². The van der Waals surface area contributed by atoms with E-state index in [1.165, 1.54) is 11.3 Å². The summed E-state index contributed by atoms with van der Waals surface area (Å²) in [6.07, 6.45) is 2.49. The third-order valence-corrected chi connectivity index (χ3v) is 8.06. The number of hydrogen-bond acceptors (Lipinski definition) is 7. The van der Waals surface area contributed by atoms with Crippen molar-refractivity contribution in [2.75, 3.05) is 44.2 Å². The van der Waals surface area contributed by atoms with Crippen molar-refractivity contribution in [3.8, 4) is 0 Å². The highest BCUT2D eigenvalue weighted by atomic mass is 35.5. The minimum absolute atomic E-state index is 0.102. The van der Waals surface area contributed by atoms with Gasteiger partial charge in [0.05, 0.1) is 12.2 Å². The van der Waals surface area contributed by atoms with E-state index >= 15 is 0 Å². The Bertz CT molecular complexity index is 979. The van der Waals surface area contributed by atoms with Crippen LogP contribution in [0.25, 0.3) is 0 Å². The summed E-state index contributed by atoms with van der Waals surface area (Å²) in [4.78, 5) is 47.6. The highest BCUT2D eigenvalue weighted by Crippen LogP contribution is 2.36. The standard InChI is InChI=1S/C24H29ClN4O5/c25-18-2-1-15(21(7-18)27-13-19-3-4-20(14-27)33-19)8-26-9-16-11-28(12-17(16)10-26)24(32)34-29-22(30)5-6-23(29)31/h1-2,7,16-17,19-20H,3-6,8-14H2. The monoisotopic (exact) mass is 488 g/mol. The van der Waals surface area contributed by atoms with E-state index in [2.05, 4.69) is 21.9 Å². The minimum atomic E-state index is -0.605. The second kappa shape index (κ2) is 8.70. The molecule has 1 aromatic carbocycles. The van der Waals surface area contributed by atoms with Gasteiger partial charge in [0.1, 0.15) is 0 Å². The van der Waals surface area contributed by atoms with Gasteiger partial charge in [0, 0.05) is 69.4 Å². The highest BCUT2D eigenvalue weighted by Gasteiger charge is 2.44. The Morgan fingerprint density at radius 2 is 1.62 bits per heavy atom. The number of anilines is 1. The first-order valence-corrected chi connectivity index (χ1v) is 12.5. The maximum atomic E-state index is 12.5. The summed E-state index contributed by atoms with van der Waals surface area (Å²) in [5.74, 6) is -0.188. The number of carbonyl (C=O) groups excluding carboxylic acids is 3. The van der Waals surface area contributed by atoms with Crippen LogP contribution < -0.4 is 4.90 Å². The summed E-state index contributed by atoms with van der Waals surface area (Å²) in [7, 11) is 0. The average Bonchev–Trinajstić information content (AvgIpc) is 3.55. The average molecular weight is 489 g/mol. The van der Waals surface area contributed by atoms with Gasteiger partial charge in [-0.2, -0.15) is 0 Å². The van der Waals surface area contributed by atoms with E-state index in [4.69, 9.17) is 21.2 Å². The normalized spacial score (nSPS) is 31.0. The van der Waals surface area contributed by atoms with Gasteiger partial charge in [-0.3, -0.25) is 14.5 Å². The molecule has 5 aliphatic rings. The van der Waals surface area contributed by atoms with Crippen LogP contribution in [0.1, 0.15) is 31.2 Å². The number of imide groups is 1. The SMILES string of the molecule is O=C(ON1C(=O)CCC1=O)N1CC2CN(Cc3ccc(Cl)cc3N3CC4CCC(C3)O4)CC2C1. The van der Waals surface area contributed by atoms with Crippen LogP contribution in [-0.4, -0.2) is 84.2 Å². The molecule has 2 bridgehead atoms. The van der Waals surface area contributed by atoms with Crippen molar-refractivity contribution in [3.63, 3.8) is 0 Å². The van der Waals surface area contributed by atoms with Crippen LogP contribution in [0, 0.1) is 11.8 Å². The van der Waals surface area contributed by atoms with E-state index in [0.29, 0.717) is 42.2 Å². The van der Waals surface area contributed by atoms with Gasteiger partial charge in [-0.15, -0.1) is 5.06 Å². The molecule has 0 radical (unpaired) electrons. The lowest BCUT2D eigenvalue weighted by Gasteiger charge is -2.35. The largest absolute Gasteiger partial charge is 0.434 e. The minimum Gasteiger partial charge on any atom is -0.371 e. The molecule has 34 heavy (non-hydrogen) atoms. The predicted molar refractivity (Wildman–Crippen MR) is 123 cm³/mol. The molecule has 9 nitrogen and oxygen atoms in total. The van der Waals surface area contributed by atoms with Crippen LogP contribution in [-0.2, 0) is 25.7 Å². The summed E-state index contributed by atoms with van der Waals surface area (Å²) in [6.45, 7) is 5.61. The van der Waals surface area contributed by atoms with E-state index in [0.717, 1.165) is 50.6 Å². The molecule has 4 unspecified atom stereocenters. The van der Waals surface area contributed by atoms with Crippen LogP contribution in [0.5, 0.6) is 0 Å². The number of hydrogen-bond donors (Lipinski definition) is 0. The molecular weight excluding hydrogens is 460 g/mol. The van der Waals surface area contributed by atoms with Crippen molar-refractivity contribution in [2.45, 2.75) is 44.4 Å². The molecule has 0 aliphatic carbocycles. The lowest BCUT2D eigenvalue weighted by atomic mass is 10.0. The number of carbonyl (C=O) groups is 3. The fourth-order valence-corrected chi connectivity index (χ4v) is 6.35. The van der Waals surface area contributed by atoms with E-state index in [1.807, 2.05) is 6.07 Å². The van der Waals surface area contributed by atoms with Gasteiger partial charge in [0.15, 0.2) is 0 Å². The molecule has 5 aliphatic heterocycles. The fraction of sp³-hybridized carbons (Fsp3) is 0.625. The number of morpholine rings is 1. The Balaban J connectivity index is 1.07. The van der Waals surface area contributed by atoms with Gasteiger partial charge in [-0.25, -0.2) is 4.79 Å². The summed E-state index contributed by atoms with van der Waals surface area (Å²) in [6, 6.07) is 6.18. The summed E-state index contributed by atoms with van der Waals surface area (Å²) >= 11 is 6.38. The molecule has 6 rings (SSSR count). The number of benzene rings is 1. The van der Waals surface area contributed by atoms with E-state index in [1.54, 1.807) is 4.90 Å². The van der Waals surface area contributed by atoms with Crippen molar-refractivity contribution in [3.05, 3.63) is 28.8 Å². The van der Waals surface area contributed by atoms with Crippen molar-refractivity contribution >= 4 is 35.2 Å². The molecule has 182 valence electrons. The van der Waals surface area contributed by atoms with Gasteiger partial charge < -0.3 is 19.4 Å². The maximum absolute atomic E-state index is 12.5. The number of fused-ring (bicyclic) bond motifs is 3. The fourth-order valence-electron chi connectivity index (χ4n) is 6.18. The Hall–Kier alpha value is -2.36. The Kier molecular flexibility index (Phi) is 5.66. The number of nitrogens with zero attached hydrogens (tertiary/aromatic N) is 4. The molecule has 5 saturated heterocycles. The Morgan fingerprint density at radius 3 is 2.26 bits per heavy atom. The summed E-state index contributed by atoms with van der Waals surface area (Å²) < 4.78 is 6.02. The van der Waals surface area contributed by atoms with E-state index in [9.17, 15) is 14.4 Å². The van der Waals surface area contributed by atoms with Crippen molar-refractivity contribution < 1.29 is 24.0 Å². The van der Waals surface area contributed by atoms with Crippen LogP contribution in [0.4, 0.5) is 10.5 Å². The number of rotatable bonds is 4. The van der Waals surface area contributed by atoms with Gasteiger partial charge in [0.25, 0.3) is 11.8 Å². The molecule has 0 spiro atoms. The van der Waals surface area contributed by atoms with Crippen LogP contribution in [0.15, 0.2) is 18.2 Å². The maximum Gasteiger partial charge on any atom is 0.434 e. The van der Waals surface area contributed by atoms with E-state index in [-0.39, 0.29) is 12.8 Å². The Labute approximate surface area is 203 Å². The van der Waals surface area contributed by atoms with Gasteiger partial charge >= 0.3 is 6.09 Å². The number of halogens is 1. The lowest BCUT2D eigenvalue weighted by molar-refractivity contribution is -0.173. The molecule has 5 fully saturated rings. The van der Waals surface area contributed by atoms with Crippen LogP contribution >= 0.6 is 11.6 Å². The molecule has 5 heterocycles. The van der Waals surface area contributed by atoms with Gasteiger partial charge in [0.2, 0.25) is 0 Å². The lowest BCUT2D eigenvalue weighted by Crippen LogP contribution is -2.43. The van der Waals surface area contributed by atoms with Crippen LogP contribution in [0.2, 0.25) is 5.02 Å². The molecule has 0 aromatic heterocycles. The molecular formula is C24H29ClN4O5. The second-order valence-corrected chi connectivity index (χ2v) is 10.6.